The predicted molar refractivity (Wildman–Crippen MR) is 105 cm³/mol. The average Bonchev–Trinajstić information content (AvgIpc) is 3.42. The Kier molecular flexibility index (Phi) is 3.90. The summed E-state index contributed by atoms with van der Waals surface area (Å²) in [5, 5.41) is 11.4. The number of morpholine rings is 1. The minimum Gasteiger partial charge on any atom is -0.377 e. The molecule has 28 heavy (non-hydrogen) atoms. The molecule has 0 spiro atoms. The van der Waals surface area contributed by atoms with Crippen LogP contribution in [0.4, 0.5) is 5.82 Å². The summed E-state index contributed by atoms with van der Waals surface area (Å²) in [4.78, 5) is 12.1. The fourth-order valence-electron chi connectivity index (χ4n) is 3.84. The molecular formula is C19H22N8O. The van der Waals surface area contributed by atoms with Crippen LogP contribution < -0.4 is 4.90 Å². The van der Waals surface area contributed by atoms with Gasteiger partial charge in [-0.1, -0.05) is 0 Å². The Labute approximate surface area is 162 Å². The van der Waals surface area contributed by atoms with Gasteiger partial charge in [0.15, 0.2) is 5.65 Å². The van der Waals surface area contributed by atoms with Gasteiger partial charge in [0.2, 0.25) is 0 Å². The third-order valence-electron chi connectivity index (χ3n) is 5.24. The summed E-state index contributed by atoms with van der Waals surface area (Å²) in [5.74, 6) is 1.95. The van der Waals surface area contributed by atoms with Gasteiger partial charge in [0.05, 0.1) is 36.3 Å². The summed E-state index contributed by atoms with van der Waals surface area (Å²) in [5.41, 5.74) is 4.26. The lowest BCUT2D eigenvalue weighted by Gasteiger charge is -2.35. The number of rotatable bonds is 3. The number of aromatic amines is 1. The zero-order valence-electron chi connectivity index (χ0n) is 16.1. The molecule has 1 aliphatic rings. The summed E-state index contributed by atoms with van der Waals surface area (Å²) >= 11 is 0. The summed E-state index contributed by atoms with van der Waals surface area (Å²) in [7, 11) is 1.93. The van der Waals surface area contributed by atoms with E-state index in [0.717, 1.165) is 46.6 Å². The van der Waals surface area contributed by atoms with E-state index in [2.05, 4.69) is 37.6 Å². The highest BCUT2D eigenvalue weighted by Crippen LogP contribution is 2.31. The van der Waals surface area contributed by atoms with E-state index in [9.17, 15) is 0 Å². The standard InChI is InChI=1S/C19H22N8O/c1-12-11-28-9-8-26(12)17-10-15(16-5-7-21-25(16)3)23-19-18(14-4-6-20-24-14)22-13(2)27(17)19/h4-7,10,12H,8-9,11H2,1-3H3,(H,20,24). The van der Waals surface area contributed by atoms with Crippen LogP contribution in [-0.4, -0.2) is 60.1 Å². The third-order valence-corrected chi connectivity index (χ3v) is 5.24. The van der Waals surface area contributed by atoms with Crippen molar-refractivity contribution in [2.75, 3.05) is 24.7 Å². The molecule has 1 aliphatic heterocycles. The van der Waals surface area contributed by atoms with Gasteiger partial charge in [0, 0.05) is 32.1 Å². The number of nitrogens with zero attached hydrogens (tertiary/aromatic N) is 7. The van der Waals surface area contributed by atoms with E-state index in [1.807, 2.05) is 30.8 Å². The number of imidazole rings is 1. The molecule has 9 nitrogen and oxygen atoms in total. The first-order valence-electron chi connectivity index (χ1n) is 9.36. The minimum atomic E-state index is 0.260. The molecule has 4 aromatic heterocycles. The molecule has 5 heterocycles. The largest absolute Gasteiger partial charge is 0.377 e. The quantitative estimate of drug-likeness (QED) is 0.587. The zero-order valence-corrected chi connectivity index (χ0v) is 16.1. The molecule has 0 amide bonds. The van der Waals surface area contributed by atoms with E-state index in [4.69, 9.17) is 14.7 Å². The van der Waals surface area contributed by atoms with Crippen LogP contribution in [0.1, 0.15) is 12.7 Å². The SMILES string of the molecule is Cc1nc(-c2ccn[nH]2)c2nc(-c3ccnn3C)cc(N3CCOCC3C)n12. The van der Waals surface area contributed by atoms with Gasteiger partial charge in [0.1, 0.15) is 17.3 Å². The van der Waals surface area contributed by atoms with Crippen molar-refractivity contribution >= 4 is 11.5 Å². The highest BCUT2D eigenvalue weighted by atomic mass is 16.5. The molecular weight excluding hydrogens is 356 g/mol. The number of hydrogen-bond acceptors (Lipinski definition) is 6. The lowest BCUT2D eigenvalue weighted by atomic mass is 10.2. The molecule has 0 saturated carbocycles. The molecule has 1 unspecified atom stereocenters. The van der Waals surface area contributed by atoms with Crippen molar-refractivity contribution in [2.45, 2.75) is 19.9 Å². The number of fused-ring (bicyclic) bond motifs is 1. The monoisotopic (exact) mass is 378 g/mol. The second-order valence-electron chi connectivity index (χ2n) is 7.09. The van der Waals surface area contributed by atoms with Gasteiger partial charge in [-0.2, -0.15) is 10.2 Å². The molecule has 0 aliphatic carbocycles. The Morgan fingerprint density at radius 3 is 2.82 bits per heavy atom. The highest BCUT2D eigenvalue weighted by molar-refractivity contribution is 5.77. The molecule has 1 fully saturated rings. The average molecular weight is 378 g/mol. The number of aromatic nitrogens is 7. The van der Waals surface area contributed by atoms with Crippen LogP contribution in [0.3, 0.4) is 0 Å². The number of aryl methyl sites for hydroxylation is 2. The van der Waals surface area contributed by atoms with E-state index in [-0.39, 0.29) is 6.04 Å². The summed E-state index contributed by atoms with van der Waals surface area (Å²) < 4.78 is 9.61. The lowest BCUT2D eigenvalue weighted by molar-refractivity contribution is 0.0984. The number of ether oxygens (including phenoxy) is 1. The fraction of sp³-hybridized carbons (Fsp3) is 0.368. The topological polar surface area (TPSA) is 89.2 Å². The predicted octanol–water partition coefficient (Wildman–Crippen LogP) is 2.05. The van der Waals surface area contributed by atoms with E-state index in [1.54, 1.807) is 12.4 Å². The van der Waals surface area contributed by atoms with Crippen LogP contribution in [0.25, 0.3) is 28.4 Å². The van der Waals surface area contributed by atoms with Crippen molar-refractivity contribution in [3.8, 4) is 22.8 Å². The van der Waals surface area contributed by atoms with Gasteiger partial charge >= 0.3 is 0 Å². The van der Waals surface area contributed by atoms with Crippen LogP contribution >= 0.6 is 0 Å². The van der Waals surface area contributed by atoms with Crippen molar-refractivity contribution in [1.82, 2.24) is 34.3 Å². The second-order valence-corrected chi connectivity index (χ2v) is 7.09. The molecule has 1 saturated heterocycles. The van der Waals surface area contributed by atoms with Gasteiger partial charge in [-0.3, -0.25) is 14.2 Å². The Bertz CT molecular complexity index is 1130. The van der Waals surface area contributed by atoms with Crippen molar-refractivity contribution in [3.63, 3.8) is 0 Å². The number of H-pyrrole nitrogens is 1. The first-order chi connectivity index (χ1) is 13.6. The van der Waals surface area contributed by atoms with Crippen molar-refractivity contribution in [3.05, 3.63) is 36.4 Å². The van der Waals surface area contributed by atoms with Crippen LogP contribution in [0.15, 0.2) is 30.6 Å². The fourth-order valence-corrected chi connectivity index (χ4v) is 3.84. The maximum absolute atomic E-state index is 5.65. The maximum atomic E-state index is 5.65. The molecule has 1 atom stereocenters. The maximum Gasteiger partial charge on any atom is 0.168 e. The minimum absolute atomic E-state index is 0.260. The number of hydrogen-bond donors (Lipinski definition) is 1. The van der Waals surface area contributed by atoms with E-state index < -0.39 is 0 Å². The van der Waals surface area contributed by atoms with E-state index in [1.165, 1.54) is 0 Å². The molecule has 0 aromatic carbocycles. The van der Waals surface area contributed by atoms with Crippen LogP contribution in [-0.2, 0) is 11.8 Å². The van der Waals surface area contributed by atoms with Gasteiger partial charge in [-0.15, -0.1) is 0 Å². The molecule has 5 rings (SSSR count). The number of anilines is 1. The van der Waals surface area contributed by atoms with Gasteiger partial charge < -0.3 is 9.64 Å². The summed E-state index contributed by atoms with van der Waals surface area (Å²) in [6.45, 7) is 6.41. The molecule has 144 valence electrons. The molecule has 9 heteroatoms. The van der Waals surface area contributed by atoms with Gasteiger partial charge in [0.25, 0.3) is 0 Å². The second kappa shape index (κ2) is 6.45. The van der Waals surface area contributed by atoms with Gasteiger partial charge in [-0.25, -0.2) is 9.97 Å². The molecule has 1 N–H and O–H groups in total. The normalized spacial score (nSPS) is 17.5. The van der Waals surface area contributed by atoms with Crippen LogP contribution in [0.5, 0.6) is 0 Å². The first kappa shape index (κ1) is 16.9. The Hall–Kier alpha value is -3.20. The van der Waals surface area contributed by atoms with Crippen molar-refractivity contribution in [2.24, 2.45) is 7.05 Å². The van der Waals surface area contributed by atoms with Crippen molar-refractivity contribution < 1.29 is 4.74 Å². The van der Waals surface area contributed by atoms with Gasteiger partial charge in [-0.05, 0) is 26.0 Å². The van der Waals surface area contributed by atoms with E-state index in [0.29, 0.717) is 13.2 Å². The summed E-state index contributed by atoms with van der Waals surface area (Å²) in [6.07, 6.45) is 3.52. The molecule has 4 aromatic rings. The molecule has 0 radical (unpaired) electrons. The first-order valence-corrected chi connectivity index (χ1v) is 9.36. The number of nitrogens with one attached hydrogen (secondary N) is 1. The smallest absolute Gasteiger partial charge is 0.168 e. The van der Waals surface area contributed by atoms with Crippen LogP contribution in [0, 0.1) is 6.92 Å². The Balaban J connectivity index is 1.80. The van der Waals surface area contributed by atoms with Crippen LogP contribution in [0.2, 0.25) is 0 Å². The Morgan fingerprint density at radius 1 is 1.21 bits per heavy atom. The zero-order chi connectivity index (χ0) is 19.3. The van der Waals surface area contributed by atoms with E-state index >= 15 is 0 Å². The lowest BCUT2D eigenvalue weighted by Crippen LogP contribution is -2.44. The third kappa shape index (κ3) is 2.58. The summed E-state index contributed by atoms with van der Waals surface area (Å²) in [6, 6.07) is 6.27. The van der Waals surface area contributed by atoms with Crippen molar-refractivity contribution in [1.29, 1.82) is 0 Å². The highest BCUT2D eigenvalue weighted by Gasteiger charge is 2.25. The molecule has 0 bridgehead atoms. The Morgan fingerprint density at radius 2 is 2.11 bits per heavy atom.